The molecule has 1 heterocycles. The minimum Gasteiger partial charge on any atom is -0.508 e. The Morgan fingerprint density at radius 1 is 1.31 bits per heavy atom. The van der Waals surface area contributed by atoms with Gasteiger partial charge in [-0.3, -0.25) is 9.59 Å². The highest BCUT2D eigenvalue weighted by Crippen LogP contribution is 2.21. The van der Waals surface area contributed by atoms with Crippen LogP contribution in [0.2, 0.25) is 0 Å². The maximum atomic E-state index is 12.6. The fourth-order valence-electron chi connectivity index (χ4n) is 2.72. The van der Waals surface area contributed by atoms with Crippen molar-refractivity contribution in [3.05, 3.63) is 24.3 Å². The van der Waals surface area contributed by atoms with E-state index in [1.807, 2.05) is 13.8 Å². The van der Waals surface area contributed by atoms with Gasteiger partial charge in [0.15, 0.2) is 6.10 Å². The van der Waals surface area contributed by atoms with Crippen molar-refractivity contribution < 1.29 is 19.4 Å². The first-order chi connectivity index (χ1) is 12.2. The molecule has 0 aliphatic carbocycles. The highest BCUT2D eigenvalue weighted by Gasteiger charge is 2.31. The number of carbonyl (C=O) groups excluding carboxylic acids is 2. The fourth-order valence-corrected chi connectivity index (χ4v) is 2.84. The third kappa shape index (κ3) is 5.27. The van der Waals surface area contributed by atoms with Gasteiger partial charge >= 0.3 is 0 Å². The summed E-state index contributed by atoms with van der Waals surface area (Å²) in [4.78, 5) is 26.5. The molecule has 2 N–H and O–H groups in total. The van der Waals surface area contributed by atoms with Crippen molar-refractivity contribution in [1.82, 2.24) is 10.2 Å². The van der Waals surface area contributed by atoms with Gasteiger partial charge in [-0.2, -0.15) is 0 Å². The van der Waals surface area contributed by atoms with Crippen molar-refractivity contribution in [2.45, 2.75) is 45.8 Å². The lowest BCUT2D eigenvalue weighted by atomic mass is 9.93. The molecule has 144 valence electrons. The minimum absolute atomic E-state index is 0.0543. The van der Waals surface area contributed by atoms with Crippen LogP contribution in [0.1, 0.15) is 33.6 Å². The molecule has 2 amide bonds. The van der Waals surface area contributed by atoms with Gasteiger partial charge in [0.1, 0.15) is 11.5 Å². The van der Waals surface area contributed by atoms with Gasteiger partial charge in [0.2, 0.25) is 5.91 Å². The van der Waals surface area contributed by atoms with E-state index in [4.69, 9.17) is 16.3 Å². The zero-order valence-electron chi connectivity index (χ0n) is 15.5. The van der Waals surface area contributed by atoms with Crippen molar-refractivity contribution in [1.29, 1.82) is 0 Å². The lowest BCUT2D eigenvalue weighted by Crippen LogP contribution is -2.51. The number of likely N-dealkylation sites (tertiary alicyclic amines) is 1. The van der Waals surface area contributed by atoms with E-state index in [-0.39, 0.29) is 29.5 Å². The lowest BCUT2D eigenvalue weighted by molar-refractivity contribution is -0.139. The molecule has 6 nitrogen and oxygen atoms in total. The quantitative estimate of drug-likeness (QED) is 0.741. The van der Waals surface area contributed by atoms with Gasteiger partial charge in [-0.1, -0.05) is 0 Å². The summed E-state index contributed by atoms with van der Waals surface area (Å²) >= 11 is 5.84. The number of ether oxygens (including phenoxy) is 1. The number of amides is 2. The van der Waals surface area contributed by atoms with Gasteiger partial charge in [0.25, 0.3) is 5.91 Å². The highest BCUT2D eigenvalue weighted by molar-refractivity contribution is 6.19. The molecule has 2 rings (SSSR count). The summed E-state index contributed by atoms with van der Waals surface area (Å²) in [6.45, 7) is 6.50. The molecular formula is C19H27ClN2O4. The largest absolute Gasteiger partial charge is 0.508 e. The number of phenols is 1. The van der Waals surface area contributed by atoms with Crippen LogP contribution in [0.15, 0.2) is 24.3 Å². The third-order valence-corrected chi connectivity index (χ3v) is 5.26. The molecule has 26 heavy (non-hydrogen) atoms. The fraction of sp³-hybridized carbons (Fsp3) is 0.579. The van der Waals surface area contributed by atoms with Crippen LogP contribution >= 0.6 is 11.6 Å². The number of phenolic OH excluding ortho intramolecular Hbond substituents is 1. The van der Waals surface area contributed by atoms with Crippen LogP contribution in [-0.4, -0.2) is 52.9 Å². The normalized spacial score (nSPS) is 16.8. The molecule has 0 aromatic heterocycles. The summed E-state index contributed by atoms with van der Waals surface area (Å²) in [5.74, 6) is 0.819. The second-order valence-corrected chi connectivity index (χ2v) is 7.61. The number of alkyl halides is 1. The number of hydrogen-bond acceptors (Lipinski definition) is 4. The van der Waals surface area contributed by atoms with E-state index in [0.29, 0.717) is 31.7 Å². The number of aromatic hydroxyl groups is 1. The molecule has 0 saturated carbocycles. The zero-order valence-corrected chi connectivity index (χ0v) is 16.3. The van der Waals surface area contributed by atoms with Crippen LogP contribution in [0.5, 0.6) is 11.5 Å². The topological polar surface area (TPSA) is 78.9 Å². The highest BCUT2D eigenvalue weighted by atomic mass is 35.5. The summed E-state index contributed by atoms with van der Waals surface area (Å²) in [5, 5.41) is 12.3. The number of piperidine rings is 1. The number of nitrogens with zero attached hydrogens (tertiary/aromatic N) is 1. The number of benzene rings is 1. The maximum absolute atomic E-state index is 12.6. The van der Waals surface area contributed by atoms with Gasteiger partial charge in [0, 0.05) is 25.0 Å². The van der Waals surface area contributed by atoms with Crippen LogP contribution in [0.25, 0.3) is 0 Å². The molecule has 1 aliphatic rings. The Bertz CT molecular complexity index is 625. The first-order valence-corrected chi connectivity index (χ1v) is 9.38. The van der Waals surface area contributed by atoms with Crippen molar-refractivity contribution >= 4 is 23.4 Å². The van der Waals surface area contributed by atoms with Crippen molar-refractivity contribution in [3.63, 3.8) is 0 Å². The van der Waals surface area contributed by atoms with E-state index in [0.717, 1.165) is 0 Å². The van der Waals surface area contributed by atoms with E-state index in [1.165, 1.54) is 12.1 Å². The van der Waals surface area contributed by atoms with E-state index < -0.39 is 11.5 Å². The summed E-state index contributed by atoms with van der Waals surface area (Å²) in [6.07, 6.45) is 0.810. The standard InChI is InChI=1S/C19H27ClN2O4/c1-13(26-16-6-4-15(23)5-7-16)17(24)22-10-8-14(9-11-22)21-18(25)19(2,3)12-20/h4-7,13-14,23H,8-12H2,1-3H3,(H,21,25). The molecule has 1 unspecified atom stereocenters. The minimum atomic E-state index is -0.610. The van der Waals surface area contributed by atoms with Crippen LogP contribution in [-0.2, 0) is 9.59 Å². The summed E-state index contributed by atoms with van der Waals surface area (Å²) < 4.78 is 5.65. The van der Waals surface area contributed by atoms with Crippen LogP contribution in [0, 0.1) is 5.41 Å². The molecule has 0 radical (unpaired) electrons. The Kier molecular flexibility index (Phi) is 6.75. The second-order valence-electron chi connectivity index (χ2n) is 7.34. The number of carbonyl (C=O) groups is 2. The predicted molar refractivity (Wildman–Crippen MR) is 100 cm³/mol. The Balaban J connectivity index is 1.82. The third-order valence-electron chi connectivity index (χ3n) is 4.59. The van der Waals surface area contributed by atoms with E-state index >= 15 is 0 Å². The molecule has 1 atom stereocenters. The molecule has 1 aromatic carbocycles. The van der Waals surface area contributed by atoms with Gasteiger partial charge < -0.3 is 20.1 Å². The lowest BCUT2D eigenvalue weighted by Gasteiger charge is -2.35. The van der Waals surface area contributed by atoms with E-state index in [9.17, 15) is 14.7 Å². The summed E-state index contributed by atoms with van der Waals surface area (Å²) in [5.41, 5.74) is -0.596. The number of rotatable bonds is 6. The number of hydrogen-bond donors (Lipinski definition) is 2. The van der Waals surface area contributed by atoms with Gasteiger partial charge in [-0.25, -0.2) is 0 Å². The predicted octanol–water partition coefficient (Wildman–Crippen LogP) is 2.53. The molecule has 7 heteroatoms. The number of nitrogens with one attached hydrogen (secondary N) is 1. The molecule has 1 saturated heterocycles. The van der Waals surface area contributed by atoms with Crippen LogP contribution in [0.4, 0.5) is 0 Å². The summed E-state index contributed by atoms with van der Waals surface area (Å²) in [7, 11) is 0. The monoisotopic (exact) mass is 382 g/mol. The van der Waals surface area contributed by atoms with E-state index in [2.05, 4.69) is 5.32 Å². The Hall–Kier alpha value is -1.95. The number of halogens is 1. The zero-order chi connectivity index (χ0) is 19.3. The average molecular weight is 383 g/mol. The second kappa shape index (κ2) is 8.62. The molecule has 0 spiro atoms. The van der Waals surface area contributed by atoms with Crippen molar-refractivity contribution in [2.75, 3.05) is 19.0 Å². The van der Waals surface area contributed by atoms with Gasteiger partial charge in [-0.05, 0) is 57.9 Å². The van der Waals surface area contributed by atoms with Gasteiger partial charge in [0.05, 0.1) is 5.41 Å². The first-order valence-electron chi connectivity index (χ1n) is 8.84. The van der Waals surface area contributed by atoms with Gasteiger partial charge in [-0.15, -0.1) is 11.6 Å². The van der Waals surface area contributed by atoms with Crippen molar-refractivity contribution in [2.24, 2.45) is 5.41 Å². The Morgan fingerprint density at radius 3 is 2.42 bits per heavy atom. The summed E-state index contributed by atoms with van der Waals surface area (Å²) in [6, 6.07) is 6.34. The SMILES string of the molecule is CC(Oc1ccc(O)cc1)C(=O)N1CCC(NC(=O)C(C)(C)CCl)CC1. The molecule has 1 fully saturated rings. The Morgan fingerprint density at radius 2 is 1.88 bits per heavy atom. The molecule has 1 aromatic rings. The van der Waals surface area contributed by atoms with Crippen LogP contribution in [0.3, 0.4) is 0 Å². The van der Waals surface area contributed by atoms with Crippen LogP contribution < -0.4 is 10.1 Å². The first kappa shape index (κ1) is 20.4. The molecule has 0 bridgehead atoms. The maximum Gasteiger partial charge on any atom is 0.263 e. The van der Waals surface area contributed by atoms with Crippen molar-refractivity contribution in [3.8, 4) is 11.5 Å². The smallest absolute Gasteiger partial charge is 0.263 e. The Labute approximate surface area is 159 Å². The molecular weight excluding hydrogens is 356 g/mol. The average Bonchev–Trinajstić information content (AvgIpc) is 2.63. The van der Waals surface area contributed by atoms with E-state index in [1.54, 1.807) is 24.0 Å². The molecule has 1 aliphatic heterocycles.